The zero-order valence-corrected chi connectivity index (χ0v) is 23.5. The van der Waals surface area contributed by atoms with E-state index in [1.807, 2.05) is 29.1 Å². The van der Waals surface area contributed by atoms with Crippen molar-refractivity contribution in [2.24, 2.45) is 0 Å². The lowest BCUT2D eigenvalue weighted by atomic mass is 9.83. The van der Waals surface area contributed by atoms with Gasteiger partial charge >= 0.3 is 0 Å². The predicted molar refractivity (Wildman–Crippen MR) is 153 cm³/mol. The molecule has 0 aliphatic heterocycles. The molecule has 4 aromatic heterocycles. The van der Waals surface area contributed by atoms with Gasteiger partial charge in [0.25, 0.3) is 5.91 Å². The van der Waals surface area contributed by atoms with Gasteiger partial charge in [0, 0.05) is 25.0 Å². The SMILES string of the molecule is CCn1cc(C2CCC(Nc3cc(-c4ccc5cc(C#N)cnn45)ncc3C(=O)NC[C@@H](F)C(C)(C)O)CC2)cn1. The Morgan fingerprint density at radius 2 is 1.98 bits per heavy atom. The van der Waals surface area contributed by atoms with Gasteiger partial charge in [-0.25, -0.2) is 8.91 Å². The van der Waals surface area contributed by atoms with Gasteiger partial charge in [-0.2, -0.15) is 15.5 Å². The number of fused-ring (bicyclic) bond motifs is 1. The fourth-order valence-electron chi connectivity index (χ4n) is 5.23. The molecule has 0 saturated heterocycles. The number of nitrogens with one attached hydrogen (secondary N) is 2. The Balaban J connectivity index is 1.39. The molecule has 0 radical (unpaired) electrons. The van der Waals surface area contributed by atoms with Crippen molar-refractivity contribution in [1.82, 2.24) is 29.7 Å². The average Bonchev–Trinajstić information content (AvgIpc) is 3.62. The summed E-state index contributed by atoms with van der Waals surface area (Å²) in [6.07, 6.45) is 9.26. The van der Waals surface area contributed by atoms with E-state index in [1.54, 1.807) is 10.6 Å². The standard InChI is InChI=1S/C30H35FN8O2/c1-4-38-18-21(15-35-38)20-5-7-22(8-6-20)37-25-12-26(27-10-9-23-11-19(13-32)14-36-39(23)27)33-16-24(25)29(40)34-17-28(31)30(2,3)41/h9-12,14-16,18,20,22,28,41H,4-8,17H2,1-3H3,(H,33,37)(H,34,40)/t20?,22?,28-/m1/s1. The molecule has 3 N–H and O–H groups in total. The third-order valence-corrected chi connectivity index (χ3v) is 7.78. The molecule has 1 amide bonds. The number of anilines is 1. The third-order valence-electron chi connectivity index (χ3n) is 7.78. The summed E-state index contributed by atoms with van der Waals surface area (Å²) in [5.74, 6) is -0.0279. The van der Waals surface area contributed by atoms with Crippen molar-refractivity contribution >= 4 is 17.1 Å². The highest BCUT2D eigenvalue weighted by atomic mass is 19.1. The molecule has 0 bridgehead atoms. The van der Waals surface area contributed by atoms with Crippen LogP contribution in [0.1, 0.15) is 73.9 Å². The van der Waals surface area contributed by atoms with E-state index in [1.165, 1.54) is 31.8 Å². The molecule has 1 atom stereocenters. The minimum absolute atomic E-state index is 0.139. The average molecular weight is 559 g/mol. The largest absolute Gasteiger partial charge is 0.387 e. The molecule has 1 aliphatic carbocycles. The molecule has 5 rings (SSSR count). The van der Waals surface area contributed by atoms with Gasteiger partial charge in [-0.15, -0.1) is 0 Å². The highest BCUT2D eigenvalue weighted by Gasteiger charge is 2.28. The molecule has 1 aliphatic rings. The first-order valence-electron chi connectivity index (χ1n) is 14.0. The van der Waals surface area contributed by atoms with Crippen LogP contribution < -0.4 is 10.6 Å². The molecule has 4 aromatic rings. The van der Waals surface area contributed by atoms with Crippen LogP contribution in [0.2, 0.25) is 0 Å². The van der Waals surface area contributed by atoms with Crippen LogP contribution in [0.3, 0.4) is 0 Å². The summed E-state index contributed by atoms with van der Waals surface area (Å²) < 4.78 is 18.0. The first-order chi connectivity index (χ1) is 19.7. The molecule has 0 spiro atoms. The number of pyridine rings is 1. The van der Waals surface area contributed by atoms with Crippen LogP contribution in [0.5, 0.6) is 0 Å². The molecular formula is C30H35FN8O2. The Morgan fingerprint density at radius 1 is 1.20 bits per heavy atom. The number of aliphatic hydroxyl groups is 1. The van der Waals surface area contributed by atoms with E-state index in [0.717, 1.165) is 37.7 Å². The Hall–Kier alpha value is -4.30. The van der Waals surface area contributed by atoms with E-state index in [-0.39, 0.29) is 12.6 Å². The van der Waals surface area contributed by atoms with Crippen LogP contribution in [-0.4, -0.2) is 59.8 Å². The number of hydrogen-bond donors (Lipinski definition) is 3. The number of carbonyl (C=O) groups excluding carboxylic acids is 1. The molecular weight excluding hydrogens is 523 g/mol. The molecule has 1 saturated carbocycles. The van der Waals surface area contributed by atoms with Gasteiger partial charge in [0.05, 0.1) is 58.3 Å². The monoisotopic (exact) mass is 558 g/mol. The Morgan fingerprint density at radius 3 is 2.66 bits per heavy atom. The lowest BCUT2D eigenvalue weighted by molar-refractivity contribution is -0.00177. The maximum atomic E-state index is 14.4. The van der Waals surface area contributed by atoms with E-state index in [4.69, 9.17) is 0 Å². The normalized spacial score (nSPS) is 18.1. The molecule has 10 nitrogen and oxygen atoms in total. The lowest BCUT2D eigenvalue weighted by Crippen LogP contribution is -2.42. The minimum atomic E-state index is -1.63. The van der Waals surface area contributed by atoms with Gasteiger partial charge in [0.1, 0.15) is 12.2 Å². The number of carbonyl (C=O) groups is 1. The molecule has 1 fully saturated rings. The number of nitriles is 1. The van der Waals surface area contributed by atoms with E-state index in [9.17, 15) is 19.6 Å². The number of aromatic nitrogens is 5. The second-order valence-corrected chi connectivity index (χ2v) is 11.2. The summed E-state index contributed by atoms with van der Waals surface area (Å²) >= 11 is 0. The molecule has 41 heavy (non-hydrogen) atoms. The number of rotatable bonds is 9. The van der Waals surface area contributed by atoms with E-state index in [0.29, 0.717) is 34.1 Å². The van der Waals surface area contributed by atoms with Crippen LogP contribution >= 0.6 is 0 Å². The Labute approximate surface area is 238 Å². The van der Waals surface area contributed by atoms with Crippen molar-refractivity contribution in [1.29, 1.82) is 5.26 Å². The minimum Gasteiger partial charge on any atom is -0.387 e. The quantitative estimate of drug-likeness (QED) is 0.276. The summed E-state index contributed by atoms with van der Waals surface area (Å²) in [4.78, 5) is 17.7. The summed E-state index contributed by atoms with van der Waals surface area (Å²) in [5, 5.41) is 34.1. The highest BCUT2D eigenvalue weighted by molar-refractivity contribution is 6.00. The molecule has 0 unspecified atom stereocenters. The smallest absolute Gasteiger partial charge is 0.255 e. The highest BCUT2D eigenvalue weighted by Crippen LogP contribution is 2.35. The van der Waals surface area contributed by atoms with Gasteiger partial charge in [0.15, 0.2) is 0 Å². The van der Waals surface area contributed by atoms with Crippen molar-refractivity contribution in [2.75, 3.05) is 11.9 Å². The third kappa shape index (κ3) is 6.23. The van der Waals surface area contributed by atoms with Gasteiger partial charge < -0.3 is 15.7 Å². The van der Waals surface area contributed by atoms with Crippen molar-refractivity contribution in [3.63, 3.8) is 0 Å². The van der Waals surface area contributed by atoms with E-state index < -0.39 is 17.7 Å². The zero-order valence-electron chi connectivity index (χ0n) is 23.5. The van der Waals surface area contributed by atoms with E-state index in [2.05, 4.69) is 45.0 Å². The first-order valence-corrected chi connectivity index (χ1v) is 14.0. The predicted octanol–water partition coefficient (Wildman–Crippen LogP) is 4.46. The Bertz CT molecular complexity index is 1570. The summed E-state index contributed by atoms with van der Waals surface area (Å²) in [5.41, 5.74) is 3.10. The van der Waals surface area contributed by atoms with Crippen molar-refractivity contribution in [2.45, 2.75) is 76.7 Å². The van der Waals surface area contributed by atoms with Crippen LogP contribution in [0.25, 0.3) is 16.9 Å². The molecule has 214 valence electrons. The van der Waals surface area contributed by atoms with Gasteiger partial charge in [-0.3, -0.25) is 14.5 Å². The lowest BCUT2D eigenvalue weighted by Gasteiger charge is -2.30. The van der Waals surface area contributed by atoms with Gasteiger partial charge in [0.2, 0.25) is 0 Å². The van der Waals surface area contributed by atoms with Gasteiger partial charge in [-0.1, -0.05) is 0 Å². The van der Waals surface area contributed by atoms with Crippen molar-refractivity contribution in [3.8, 4) is 17.5 Å². The fourth-order valence-corrected chi connectivity index (χ4v) is 5.23. The topological polar surface area (TPSA) is 133 Å². The number of hydrogen-bond acceptors (Lipinski definition) is 7. The molecule has 11 heteroatoms. The maximum Gasteiger partial charge on any atom is 0.255 e. The summed E-state index contributed by atoms with van der Waals surface area (Å²) in [6, 6.07) is 9.53. The fraction of sp³-hybridized carbons (Fsp3) is 0.433. The summed E-state index contributed by atoms with van der Waals surface area (Å²) in [6.45, 7) is 5.33. The van der Waals surface area contributed by atoms with E-state index >= 15 is 0 Å². The second-order valence-electron chi connectivity index (χ2n) is 11.2. The number of amides is 1. The van der Waals surface area contributed by atoms with Crippen LogP contribution in [0.4, 0.5) is 10.1 Å². The number of halogens is 1. The van der Waals surface area contributed by atoms with Crippen molar-refractivity contribution < 1.29 is 14.3 Å². The maximum absolute atomic E-state index is 14.4. The van der Waals surface area contributed by atoms with Crippen molar-refractivity contribution in [3.05, 3.63) is 65.7 Å². The summed E-state index contributed by atoms with van der Waals surface area (Å²) in [7, 11) is 0. The molecule has 0 aromatic carbocycles. The second kappa shape index (κ2) is 11.7. The number of nitrogens with zero attached hydrogens (tertiary/aromatic N) is 6. The number of aryl methyl sites for hydroxylation is 1. The van der Waals surface area contributed by atoms with Crippen LogP contribution in [0.15, 0.2) is 49.1 Å². The van der Waals surface area contributed by atoms with Crippen LogP contribution in [-0.2, 0) is 6.54 Å². The zero-order chi connectivity index (χ0) is 29.1. The van der Waals surface area contributed by atoms with Crippen LogP contribution in [0, 0.1) is 11.3 Å². The molecule has 4 heterocycles. The number of alkyl halides is 1. The Kier molecular flexibility index (Phi) is 8.03. The van der Waals surface area contributed by atoms with Gasteiger partial charge in [-0.05, 0) is 82.2 Å². The first kappa shape index (κ1) is 28.2.